The van der Waals surface area contributed by atoms with Gasteiger partial charge in [-0.3, -0.25) is 14.4 Å². The van der Waals surface area contributed by atoms with Crippen LogP contribution in [0.3, 0.4) is 0 Å². The zero-order valence-electron chi connectivity index (χ0n) is 22.6. The van der Waals surface area contributed by atoms with E-state index in [2.05, 4.69) is 5.32 Å². The first-order chi connectivity index (χ1) is 18.2. The number of amides is 3. The van der Waals surface area contributed by atoms with Gasteiger partial charge < -0.3 is 25.6 Å². The van der Waals surface area contributed by atoms with Gasteiger partial charge in [-0.1, -0.05) is 55.5 Å². The number of ether oxygens (including phenoxy) is 1. The van der Waals surface area contributed by atoms with Gasteiger partial charge in [0, 0.05) is 44.9 Å². The first-order valence-electron chi connectivity index (χ1n) is 12.8. The van der Waals surface area contributed by atoms with Crippen molar-refractivity contribution in [1.82, 2.24) is 15.1 Å². The summed E-state index contributed by atoms with van der Waals surface area (Å²) in [5, 5.41) is 6.77. The van der Waals surface area contributed by atoms with Crippen molar-refractivity contribution in [2.75, 3.05) is 34.4 Å². The van der Waals surface area contributed by atoms with Crippen molar-refractivity contribution in [3.05, 3.63) is 70.4 Å². The molecule has 0 bridgehead atoms. The van der Waals surface area contributed by atoms with Crippen LogP contribution in [-0.4, -0.2) is 80.0 Å². The highest BCUT2D eigenvalue weighted by molar-refractivity contribution is 7.09. The highest BCUT2D eigenvalue weighted by Crippen LogP contribution is 2.20. The molecule has 9 heteroatoms. The van der Waals surface area contributed by atoms with Crippen LogP contribution in [0.5, 0.6) is 0 Å². The van der Waals surface area contributed by atoms with E-state index < -0.39 is 12.1 Å². The van der Waals surface area contributed by atoms with Crippen LogP contribution in [0.25, 0.3) is 10.8 Å². The second-order valence-electron chi connectivity index (χ2n) is 9.45. The number of benzene rings is 2. The average molecular weight is 539 g/mol. The van der Waals surface area contributed by atoms with E-state index in [1.807, 2.05) is 66.9 Å². The Bertz CT molecular complexity index is 1220. The molecule has 8 nitrogen and oxygen atoms in total. The molecule has 3 atom stereocenters. The molecule has 3 aromatic rings. The molecule has 1 aromatic heterocycles. The molecule has 38 heavy (non-hydrogen) atoms. The van der Waals surface area contributed by atoms with Crippen LogP contribution < -0.4 is 11.1 Å². The lowest BCUT2D eigenvalue weighted by Crippen LogP contribution is -2.56. The van der Waals surface area contributed by atoms with Crippen LogP contribution in [0.15, 0.2) is 60.0 Å². The van der Waals surface area contributed by atoms with Gasteiger partial charge in [-0.15, -0.1) is 11.3 Å². The summed E-state index contributed by atoms with van der Waals surface area (Å²) in [5.41, 5.74) is 6.83. The molecular weight excluding hydrogens is 500 g/mol. The minimum Gasteiger partial charge on any atom is -0.370 e. The van der Waals surface area contributed by atoms with Crippen LogP contribution in [0.1, 0.15) is 23.8 Å². The summed E-state index contributed by atoms with van der Waals surface area (Å²) in [7, 11) is 4.79. The van der Waals surface area contributed by atoms with Gasteiger partial charge in [0.25, 0.3) is 0 Å². The summed E-state index contributed by atoms with van der Waals surface area (Å²) in [6, 6.07) is 16.2. The monoisotopic (exact) mass is 538 g/mol. The quantitative estimate of drug-likeness (QED) is 0.348. The SMILES string of the molecule is CCC(N)COCC(=O)N(C)[C@H](Cc1ccc2ccccc2c1)C(=O)N(C)[C@H](Cc1cccs1)C(=O)NC. The standard InChI is InChI=1S/C29H38N4O4S/c1-5-23(30)18-37-19-27(34)32(3)26(16-20-12-13-21-9-6-7-10-22(21)15-20)29(36)33(4)25(28(35)31-2)17-24-11-8-14-38-24/h6-15,23,25-26H,5,16-19,30H2,1-4H3,(H,31,35)/t23?,25-,26-/m1/s1. The number of thiophene rings is 1. The molecule has 0 radical (unpaired) electrons. The van der Waals surface area contributed by atoms with Crippen molar-refractivity contribution in [3.63, 3.8) is 0 Å². The first-order valence-corrected chi connectivity index (χ1v) is 13.7. The maximum Gasteiger partial charge on any atom is 0.249 e. The minimum absolute atomic E-state index is 0.153. The van der Waals surface area contributed by atoms with Gasteiger partial charge >= 0.3 is 0 Å². The number of hydrogen-bond donors (Lipinski definition) is 2. The van der Waals surface area contributed by atoms with Crippen LogP contribution >= 0.6 is 11.3 Å². The Morgan fingerprint density at radius 1 is 0.974 bits per heavy atom. The van der Waals surface area contributed by atoms with Crippen LogP contribution in [-0.2, 0) is 32.0 Å². The molecule has 0 aliphatic carbocycles. The molecule has 0 fully saturated rings. The lowest BCUT2D eigenvalue weighted by atomic mass is 9.99. The number of fused-ring (bicyclic) bond motifs is 1. The number of nitrogens with one attached hydrogen (secondary N) is 1. The highest BCUT2D eigenvalue weighted by Gasteiger charge is 2.35. The molecule has 0 aliphatic rings. The number of rotatable bonds is 13. The third-order valence-corrected chi connectivity index (χ3v) is 7.71. The fourth-order valence-electron chi connectivity index (χ4n) is 4.25. The van der Waals surface area contributed by atoms with E-state index in [9.17, 15) is 14.4 Å². The molecule has 1 heterocycles. The second-order valence-corrected chi connectivity index (χ2v) is 10.5. The number of nitrogens with zero attached hydrogens (tertiary/aromatic N) is 2. The van der Waals surface area contributed by atoms with E-state index in [1.54, 1.807) is 21.1 Å². The van der Waals surface area contributed by atoms with Gasteiger partial charge in [0.15, 0.2) is 0 Å². The molecular formula is C29H38N4O4S. The smallest absolute Gasteiger partial charge is 0.249 e. The molecule has 3 rings (SSSR count). The summed E-state index contributed by atoms with van der Waals surface area (Å²) in [5.74, 6) is -0.899. The summed E-state index contributed by atoms with van der Waals surface area (Å²) in [6.07, 6.45) is 1.42. The maximum absolute atomic E-state index is 14.0. The van der Waals surface area contributed by atoms with Crippen molar-refractivity contribution in [3.8, 4) is 0 Å². The van der Waals surface area contributed by atoms with Crippen LogP contribution in [0.4, 0.5) is 0 Å². The van der Waals surface area contributed by atoms with Crippen molar-refractivity contribution >= 4 is 39.8 Å². The minimum atomic E-state index is -0.826. The van der Waals surface area contributed by atoms with Crippen molar-refractivity contribution < 1.29 is 19.1 Å². The first kappa shape index (κ1) is 29.3. The van der Waals surface area contributed by atoms with Gasteiger partial charge in [-0.2, -0.15) is 0 Å². The van der Waals surface area contributed by atoms with E-state index in [1.165, 1.54) is 21.1 Å². The van der Waals surface area contributed by atoms with Crippen molar-refractivity contribution in [1.29, 1.82) is 0 Å². The molecule has 0 spiro atoms. The predicted molar refractivity (Wildman–Crippen MR) is 152 cm³/mol. The van der Waals surface area contributed by atoms with Crippen LogP contribution in [0, 0.1) is 0 Å². The Hall–Kier alpha value is -3.27. The molecule has 204 valence electrons. The van der Waals surface area contributed by atoms with Crippen LogP contribution in [0.2, 0.25) is 0 Å². The van der Waals surface area contributed by atoms with E-state index in [4.69, 9.17) is 10.5 Å². The molecule has 0 saturated heterocycles. The Morgan fingerprint density at radius 3 is 2.37 bits per heavy atom. The third kappa shape index (κ3) is 7.63. The molecule has 1 unspecified atom stereocenters. The zero-order valence-corrected chi connectivity index (χ0v) is 23.4. The Kier molecular flexibility index (Phi) is 10.8. The van der Waals surface area contributed by atoms with Gasteiger partial charge in [-0.25, -0.2) is 0 Å². The Morgan fingerprint density at radius 2 is 1.71 bits per heavy atom. The normalized spacial score (nSPS) is 13.5. The van der Waals surface area contributed by atoms with Gasteiger partial charge in [-0.05, 0) is 34.2 Å². The lowest BCUT2D eigenvalue weighted by molar-refractivity contribution is -0.149. The summed E-state index contributed by atoms with van der Waals surface area (Å²) in [6.45, 7) is 2.04. The molecule has 3 amide bonds. The summed E-state index contributed by atoms with van der Waals surface area (Å²) in [4.78, 5) is 43.8. The predicted octanol–water partition coefficient (Wildman–Crippen LogP) is 2.84. The maximum atomic E-state index is 14.0. The second kappa shape index (κ2) is 14.0. The van der Waals surface area contributed by atoms with Crippen molar-refractivity contribution in [2.45, 2.75) is 44.3 Å². The molecule has 3 N–H and O–H groups in total. The van der Waals surface area contributed by atoms with E-state index in [-0.39, 0.29) is 37.0 Å². The van der Waals surface area contributed by atoms with E-state index in [0.29, 0.717) is 12.8 Å². The Balaban J connectivity index is 1.87. The topological polar surface area (TPSA) is 105 Å². The van der Waals surface area contributed by atoms with Gasteiger partial charge in [0.05, 0.1) is 6.61 Å². The molecule has 0 saturated carbocycles. The Labute approximate surface area is 228 Å². The average Bonchev–Trinajstić information content (AvgIpc) is 3.46. The molecule has 2 aromatic carbocycles. The van der Waals surface area contributed by atoms with Crippen molar-refractivity contribution in [2.24, 2.45) is 5.73 Å². The van der Waals surface area contributed by atoms with Gasteiger partial charge in [0.1, 0.15) is 18.7 Å². The lowest BCUT2D eigenvalue weighted by Gasteiger charge is -2.34. The highest BCUT2D eigenvalue weighted by atomic mass is 32.1. The molecule has 0 aliphatic heterocycles. The summed E-state index contributed by atoms with van der Waals surface area (Å²) >= 11 is 1.54. The zero-order chi connectivity index (χ0) is 27.7. The van der Waals surface area contributed by atoms with Gasteiger partial charge in [0.2, 0.25) is 17.7 Å². The fourth-order valence-corrected chi connectivity index (χ4v) is 4.99. The number of carbonyl (C=O) groups excluding carboxylic acids is 3. The number of hydrogen-bond acceptors (Lipinski definition) is 6. The number of likely N-dealkylation sites (N-methyl/N-ethyl adjacent to an activating group) is 3. The fraction of sp³-hybridized carbons (Fsp3) is 0.414. The number of carbonyl (C=O) groups is 3. The van der Waals surface area contributed by atoms with E-state index >= 15 is 0 Å². The largest absolute Gasteiger partial charge is 0.370 e. The number of nitrogens with two attached hydrogens (primary N) is 1. The van der Waals surface area contributed by atoms with E-state index in [0.717, 1.165) is 27.6 Å². The summed E-state index contributed by atoms with van der Waals surface area (Å²) < 4.78 is 5.54. The third-order valence-electron chi connectivity index (χ3n) is 6.81.